The lowest BCUT2D eigenvalue weighted by molar-refractivity contribution is 0.401. The summed E-state index contributed by atoms with van der Waals surface area (Å²) >= 11 is 0. The maximum absolute atomic E-state index is 12.6. The van der Waals surface area contributed by atoms with Crippen molar-refractivity contribution in [3.8, 4) is 5.75 Å². The summed E-state index contributed by atoms with van der Waals surface area (Å²) in [4.78, 5) is 0.330. The fraction of sp³-hybridized carbons (Fsp3) is 0.538. The lowest BCUT2D eigenvalue weighted by Crippen LogP contribution is -2.35. The standard InChI is InChI=1S/C13H19NO3S/c1-10-3-4-12(17-2)13(9-10)18(15,16)11-5-7-14-8-6-11/h3-4,9,11,14H,5-8H2,1-2H3. The molecule has 0 aliphatic carbocycles. The molecular formula is C13H19NO3S. The Kier molecular flexibility index (Phi) is 3.92. The van der Waals surface area contributed by atoms with Crippen molar-refractivity contribution in [1.29, 1.82) is 0 Å². The smallest absolute Gasteiger partial charge is 0.184 e. The second kappa shape index (κ2) is 5.28. The van der Waals surface area contributed by atoms with Crippen LogP contribution in [0.3, 0.4) is 0 Å². The molecule has 0 aromatic heterocycles. The Morgan fingerprint density at radius 3 is 2.56 bits per heavy atom. The average Bonchev–Trinajstić information content (AvgIpc) is 2.39. The van der Waals surface area contributed by atoms with Crippen LogP contribution >= 0.6 is 0 Å². The zero-order valence-corrected chi connectivity index (χ0v) is 11.6. The second-order valence-corrected chi connectivity index (χ2v) is 6.85. The molecule has 5 heteroatoms. The Bertz CT molecular complexity index is 519. The van der Waals surface area contributed by atoms with Crippen LogP contribution in [0, 0.1) is 6.92 Å². The normalized spacial score (nSPS) is 17.7. The number of nitrogens with one attached hydrogen (secondary N) is 1. The van der Waals surface area contributed by atoms with Gasteiger partial charge in [-0.05, 0) is 50.6 Å². The van der Waals surface area contributed by atoms with Gasteiger partial charge in [0.2, 0.25) is 0 Å². The van der Waals surface area contributed by atoms with E-state index in [1.165, 1.54) is 7.11 Å². The van der Waals surface area contributed by atoms with E-state index in [4.69, 9.17) is 4.74 Å². The third-order valence-corrected chi connectivity index (χ3v) is 5.63. The van der Waals surface area contributed by atoms with Crippen LogP contribution in [-0.4, -0.2) is 33.9 Å². The third kappa shape index (κ3) is 2.52. The first kappa shape index (κ1) is 13.4. The number of aryl methyl sites for hydroxylation is 1. The van der Waals surface area contributed by atoms with Gasteiger partial charge in [0.25, 0.3) is 0 Å². The monoisotopic (exact) mass is 269 g/mol. The summed E-state index contributed by atoms with van der Waals surface area (Å²) in [5, 5.41) is 2.89. The Hall–Kier alpha value is -1.07. The number of benzene rings is 1. The van der Waals surface area contributed by atoms with E-state index in [0.717, 1.165) is 18.7 Å². The Morgan fingerprint density at radius 2 is 1.94 bits per heavy atom. The lowest BCUT2D eigenvalue weighted by atomic mass is 10.2. The predicted molar refractivity (Wildman–Crippen MR) is 70.8 cm³/mol. The number of piperidine rings is 1. The molecular weight excluding hydrogens is 250 g/mol. The molecule has 0 amide bonds. The first-order chi connectivity index (χ1) is 8.55. The highest BCUT2D eigenvalue weighted by molar-refractivity contribution is 7.92. The van der Waals surface area contributed by atoms with Crippen molar-refractivity contribution in [2.45, 2.75) is 29.9 Å². The molecule has 1 heterocycles. The summed E-state index contributed by atoms with van der Waals surface area (Å²) in [7, 11) is -1.79. The van der Waals surface area contributed by atoms with Crippen LogP contribution in [0.2, 0.25) is 0 Å². The number of methoxy groups -OCH3 is 1. The summed E-state index contributed by atoms with van der Waals surface area (Å²) in [5.41, 5.74) is 0.934. The highest BCUT2D eigenvalue weighted by atomic mass is 32.2. The molecule has 1 aromatic rings. The number of hydrogen-bond acceptors (Lipinski definition) is 4. The molecule has 0 atom stereocenters. The molecule has 1 aliphatic rings. The zero-order valence-electron chi connectivity index (χ0n) is 10.8. The summed E-state index contributed by atoms with van der Waals surface area (Å²) in [5.74, 6) is 0.444. The molecule has 0 radical (unpaired) electrons. The van der Waals surface area contributed by atoms with E-state index in [2.05, 4.69) is 5.32 Å². The van der Waals surface area contributed by atoms with Gasteiger partial charge in [0, 0.05) is 0 Å². The minimum absolute atomic E-state index is 0.297. The van der Waals surface area contributed by atoms with E-state index < -0.39 is 9.84 Å². The van der Waals surface area contributed by atoms with Gasteiger partial charge >= 0.3 is 0 Å². The van der Waals surface area contributed by atoms with Gasteiger partial charge in [-0.15, -0.1) is 0 Å². The maximum Gasteiger partial charge on any atom is 0.184 e. The van der Waals surface area contributed by atoms with E-state index in [1.807, 2.05) is 13.0 Å². The minimum Gasteiger partial charge on any atom is -0.495 e. The maximum atomic E-state index is 12.6. The van der Waals surface area contributed by atoms with Crippen LogP contribution in [0.1, 0.15) is 18.4 Å². The largest absolute Gasteiger partial charge is 0.495 e. The molecule has 2 rings (SSSR count). The van der Waals surface area contributed by atoms with Crippen LogP contribution in [0.5, 0.6) is 5.75 Å². The van der Waals surface area contributed by atoms with Gasteiger partial charge in [0.15, 0.2) is 9.84 Å². The highest BCUT2D eigenvalue weighted by Crippen LogP contribution is 2.30. The van der Waals surface area contributed by atoms with Crippen molar-refractivity contribution in [1.82, 2.24) is 5.32 Å². The zero-order chi connectivity index (χ0) is 13.2. The predicted octanol–water partition coefficient (Wildman–Crippen LogP) is 1.53. The molecule has 0 bridgehead atoms. The minimum atomic E-state index is -3.29. The molecule has 1 saturated heterocycles. The quantitative estimate of drug-likeness (QED) is 0.904. The molecule has 1 N–H and O–H groups in total. The molecule has 0 unspecified atom stereocenters. The molecule has 18 heavy (non-hydrogen) atoms. The topological polar surface area (TPSA) is 55.4 Å². The van der Waals surface area contributed by atoms with Crippen molar-refractivity contribution in [3.63, 3.8) is 0 Å². The SMILES string of the molecule is COc1ccc(C)cc1S(=O)(=O)C1CCNCC1. The van der Waals surface area contributed by atoms with Gasteiger partial charge in [-0.2, -0.15) is 0 Å². The van der Waals surface area contributed by atoms with Gasteiger partial charge in [-0.1, -0.05) is 6.07 Å². The fourth-order valence-corrected chi connectivity index (χ4v) is 4.29. The van der Waals surface area contributed by atoms with E-state index in [-0.39, 0.29) is 5.25 Å². The van der Waals surface area contributed by atoms with E-state index in [9.17, 15) is 8.42 Å². The highest BCUT2D eigenvalue weighted by Gasteiger charge is 2.31. The number of rotatable bonds is 3. The van der Waals surface area contributed by atoms with Crippen LogP contribution in [0.25, 0.3) is 0 Å². The average molecular weight is 269 g/mol. The van der Waals surface area contributed by atoms with Crippen molar-refractivity contribution in [2.24, 2.45) is 0 Å². The van der Waals surface area contributed by atoms with E-state index in [1.54, 1.807) is 12.1 Å². The Balaban J connectivity index is 2.42. The van der Waals surface area contributed by atoms with Gasteiger partial charge in [-0.25, -0.2) is 8.42 Å². The molecule has 1 aliphatic heterocycles. The molecule has 4 nitrogen and oxygen atoms in total. The second-order valence-electron chi connectivity index (χ2n) is 4.65. The van der Waals surface area contributed by atoms with E-state index in [0.29, 0.717) is 23.5 Å². The molecule has 1 aromatic carbocycles. The summed E-state index contributed by atoms with van der Waals surface area (Å²) in [6.45, 7) is 3.41. The first-order valence-corrected chi connectivity index (χ1v) is 7.69. The summed E-state index contributed by atoms with van der Waals surface area (Å²) < 4.78 is 30.4. The lowest BCUT2D eigenvalue weighted by Gasteiger charge is -2.23. The molecule has 1 fully saturated rings. The van der Waals surface area contributed by atoms with Crippen LogP contribution in [0.15, 0.2) is 23.1 Å². The van der Waals surface area contributed by atoms with Crippen molar-refractivity contribution >= 4 is 9.84 Å². The van der Waals surface area contributed by atoms with Gasteiger partial charge in [0.05, 0.1) is 12.4 Å². The number of hydrogen-bond donors (Lipinski definition) is 1. The number of sulfone groups is 1. The summed E-state index contributed by atoms with van der Waals surface area (Å²) in [6.07, 6.45) is 1.33. The van der Waals surface area contributed by atoms with Gasteiger partial charge in [0.1, 0.15) is 10.6 Å². The Morgan fingerprint density at radius 1 is 1.28 bits per heavy atom. The van der Waals surface area contributed by atoms with Crippen LogP contribution in [0.4, 0.5) is 0 Å². The van der Waals surface area contributed by atoms with E-state index >= 15 is 0 Å². The Labute approximate surface area is 108 Å². The van der Waals surface area contributed by atoms with Crippen LogP contribution in [-0.2, 0) is 9.84 Å². The third-order valence-electron chi connectivity index (χ3n) is 3.35. The van der Waals surface area contributed by atoms with Crippen molar-refractivity contribution < 1.29 is 13.2 Å². The first-order valence-electron chi connectivity index (χ1n) is 6.15. The molecule has 0 spiro atoms. The number of ether oxygens (including phenoxy) is 1. The fourth-order valence-electron chi connectivity index (χ4n) is 2.29. The van der Waals surface area contributed by atoms with Gasteiger partial charge < -0.3 is 10.1 Å². The molecule has 0 saturated carbocycles. The van der Waals surface area contributed by atoms with Crippen LogP contribution < -0.4 is 10.1 Å². The summed E-state index contributed by atoms with van der Waals surface area (Å²) in [6, 6.07) is 5.29. The van der Waals surface area contributed by atoms with Gasteiger partial charge in [-0.3, -0.25) is 0 Å². The molecule has 100 valence electrons. The van der Waals surface area contributed by atoms with Crippen molar-refractivity contribution in [2.75, 3.05) is 20.2 Å². The van der Waals surface area contributed by atoms with Crippen molar-refractivity contribution in [3.05, 3.63) is 23.8 Å².